The number of amides is 1. The number of hydrogen-bond donors (Lipinski definition) is 3. The number of nitrogens with one attached hydrogen (secondary N) is 1. The average molecular weight is 413 g/mol. The Kier molecular flexibility index (Phi) is 3.92. The summed E-state index contributed by atoms with van der Waals surface area (Å²) in [7, 11) is 0. The fraction of sp³-hybridized carbons (Fsp3) is 0.0833. The maximum absolute atomic E-state index is 12.8. The second kappa shape index (κ2) is 6.54. The largest absolute Gasteiger partial charge is 0.508 e. The number of rotatable bonds is 2. The molecule has 3 N–H and O–H groups in total. The number of aromatic hydroxyl groups is 2. The molecule has 0 aromatic heterocycles. The van der Waals surface area contributed by atoms with E-state index in [0.29, 0.717) is 22.3 Å². The van der Waals surface area contributed by atoms with Gasteiger partial charge in [0, 0.05) is 22.8 Å². The Morgan fingerprint density at radius 1 is 1.06 bits per heavy atom. The molecule has 2 aliphatic heterocycles. The third-order valence-electron chi connectivity index (χ3n) is 5.42. The van der Waals surface area contributed by atoms with Crippen LogP contribution in [-0.2, 0) is 10.3 Å². The third kappa shape index (κ3) is 2.49. The summed E-state index contributed by atoms with van der Waals surface area (Å²) in [5.41, 5.74) is 0.225. The zero-order chi connectivity index (χ0) is 21.8. The number of ether oxygens (including phenoxy) is 2. The predicted molar refractivity (Wildman–Crippen MR) is 109 cm³/mol. The highest BCUT2D eigenvalue weighted by Crippen LogP contribution is 2.58. The van der Waals surface area contributed by atoms with Crippen LogP contribution < -0.4 is 10.1 Å². The van der Waals surface area contributed by atoms with Crippen LogP contribution in [0.5, 0.6) is 23.0 Å². The summed E-state index contributed by atoms with van der Waals surface area (Å²) in [6.45, 7) is -0.0533. The number of fused-ring (bicyclic) bond motifs is 6. The van der Waals surface area contributed by atoms with Gasteiger partial charge in [-0.15, -0.1) is 6.42 Å². The molecule has 3 aromatic rings. The number of hydrogen-bond acceptors (Lipinski definition) is 6. The van der Waals surface area contributed by atoms with Crippen LogP contribution in [0.2, 0.25) is 0 Å². The molecule has 0 saturated heterocycles. The number of carbonyl (C=O) groups is 2. The van der Waals surface area contributed by atoms with Gasteiger partial charge in [0.25, 0.3) is 5.91 Å². The van der Waals surface area contributed by atoms with Gasteiger partial charge in [0.15, 0.2) is 11.4 Å². The van der Waals surface area contributed by atoms with Crippen molar-refractivity contribution in [3.05, 3.63) is 82.4 Å². The van der Waals surface area contributed by atoms with Gasteiger partial charge in [-0.05, 0) is 30.3 Å². The van der Waals surface area contributed by atoms with Gasteiger partial charge in [-0.2, -0.15) is 0 Å². The molecule has 0 bridgehead atoms. The molecule has 7 heteroatoms. The zero-order valence-corrected chi connectivity index (χ0v) is 16.0. The molecule has 2 heterocycles. The van der Waals surface area contributed by atoms with E-state index in [9.17, 15) is 19.8 Å². The van der Waals surface area contributed by atoms with Crippen LogP contribution in [0.25, 0.3) is 0 Å². The quantitative estimate of drug-likeness (QED) is 0.441. The number of terminal acetylenes is 1. The summed E-state index contributed by atoms with van der Waals surface area (Å²) in [6.07, 6.45) is 5.23. The molecule has 0 radical (unpaired) electrons. The summed E-state index contributed by atoms with van der Waals surface area (Å²) in [5.74, 6) is 0.914. The van der Waals surface area contributed by atoms with Crippen molar-refractivity contribution < 1.29 is 29.3 Å². The van der Waals surface area contributed by atoms with Gasteiger partial charge in [-0.3, -0.25) is 4.79 Å². The van der Waals surface area contributed by atoms with Crippen LogP contribution in [0.15, 0.2) is 54.6 Å². The Hall–Kier alpha value is -4.44. The minimum Gasteiger partial charge on any atom is -0.508 e. The fourth-order valence-electron chi connectivity index (χ4n) is 4.15. The summed E-state index contributed by atoms with van der Waals surface area (Å²) in [5, 5.41) is 23.0. The predicted octanol–water partition coefficient (Wildman–Crippen LogP) is 3.03. The van der Waals surface area contributed by atoms with Gasteiger partial charge in [0.05, 0.1) is 12.1 Å². The van der Waals surface area contributed by atoms with E-state index in [1.807, 2.05) is 0 Å². The second-order valence-corrected chi connectivity index (χ2v) is 7.12. The smallest absolute Gasteiger partial charge is 0.340 e. The van der Waals surface area contributed by atoms with Crippen molar-refractivity contribution in [1.82, 2.24) is 5.32 Å². The minimum absolute atomic E-state index is 0.0112. The molecule has 0 fully saturated rings. The lowest BCUT2D eigenvalue weighted by molar-refractivity contribution is 0.0224. The van der Waals surface area contributed by atoms with Crippen LogP contribution in [-0.4, -0.2) is 28.6 Å². The first-order chi connectivity index (χ1) is 15.0. The van der Waals surface area contributed by atoms with Crippen LogP contribution in [0.1, 0.15) is 37.4 Å². The van der Waals surface area contributed by atoms with Gasteiger partial charge in [-0.1, -0.05) is 24.1 Å². The number of phenolic OH excluding ortho intramolecular Hbond substituents is 2. The lowest BCUT2D eigenvalue weighted by atomic mass is 9.77. The van der Waals surface area contributed by atoms with E-state index in [1.165, 1.54) is 18.2 Å². The molecule has 5 rings (SSSR count). The Morgan fingerprint density at radius 3 is 2.65 bits per heavy atom. The standard InChI is InChI=1S/C24H15NO6/c1-2-11-25-22(28)20-18(27)10-9-17-21(20)30-19-12-13(26)7-8-16(19)24(17)15-6-4-3-5-14(15)23(29)31-24/h1,3-10,12,26-27H,11H2,(H,25,28). The molecule has 152 valence electrons. The first-order valence-electron chi connectivity index (χ1n) is 9.39. The number of benzene rings is 3. The lowest BCUT2D eigenvalue weighted by Gasteiger charge is -2.37. The van der Waals surface area contributed by atoms with Crippen molar-refractivity contribution >= 4 is 11.9 Å². The number of esters is 1. The molecule has 0 saturated carbocycles. The first-order valence-corrected chi connectivity index (χ1v) is 9.39. The highest BCUT2D eigenvalue weighted by molar-refractivity contribution is 6.02. The van der Waals surface area contributed by atoms with E-state index in [4.69, 9.17) is 15.9 Å². The maximum Gasteiger partial charge on any atom is 0.340 e. The summed E-state index contributed by atoms with van der Waals surface area (Å²) < 4.78 is 11.9. The van der Waals surface area contributed by atoms with Gasteiger partial charge < -0.3 is 25.0 Å². The molecule has 3 aromatic carbocycles. The molecule has 2 aliphatic rings. The van der Waals surface area contributed by atoms with Crippen LogP contribution >= 0.6 is 0 Å². The van der Waals surface area contributed by atoms with Gasteiger partial charge in [0.2, 0.25) is 0 Å². The van der Waals surface area contributed by atoms with E-state index in [-0.39, 0.29) is 35.1 Å². The van der Waals surface area contributed by atoms with Crippen molar-refractivity contribution in [2.24, 2.45) is 0 Å². The highest BCUT2D eigenvalue weighted by Gasteiger charge is 2.54. The first kappa shape index (κ1) is 18.6. The van der Waals surface area contributed by atoms with Gasteiger partial charge in [-0.25, -0.2) is 4.79 Å². The SMILES string of the molecule is C#CCNC(=O)c1c(O)ccc2c1Oc1cc(O)ccc1C21OC(=O)c2ccccc21. The maximum atomic E-state index is 12.8. The molecule has 1 amide bonds. The van der Waals surface area contributed by atoms with E-state index in [2.05, 4.69) is 11.2 Å². The van der Waals surface area contributed by atoms with Crippen molar-refractivity contribution in [3.8, 4) is 35.3 Å². The van der Waals surface area contributed by atoms with Crippen molar-refractivity contribution in [1.29, 1.82) is 0 Å². The highest BCUT2D eigenvalue weighted by atomic mass is 16.6. The number of phenols is 2. The zero-order valence-electron chi connectivity index (χ0n) is 16.0. The monoisotopic (exact) mass is 413 g/mol. The molecule has 1 spiro atoms. The van der Waals surface area contributed by atoms with Crippen LogP contribution in [0.3, 0.4) is 0 Å². The Bertz CT molecular complexity index is 1320. The lowest BCUT2D eigenvalue weighted by Crippen LogP contribution is -2.34. The second-order valence-electron chi connectivity index (χ2n) is 7.12. The van der Waals surface area contributed by atoms with E-state index in [0.717, 1.165) is 0 Å². The molecule has 31 heavy (non-hydrogen) atoms. The Labute approximate surface area is 176 Å². The fourth-order valence-corrected chi connectivity index (χ4v) is 4.15. The minimum atomic E-state index is -1.42. The van der Waals surface area contributed by atoms with E-state index >= 15 is 0 Å². The molecular formula is C24H15NO6. The summed E-state index contributed by atoms with van der Waals surface area (Å²) >= 11 is 0. The summed E-state index contributed by atoms with van der Waals surface area (Å²) in [6, 6.07) is 14.2. The normalized spacial score (nSPS) is 17.6. The molecular weight excluding hydrogens is 398 g/mol. The van der Waals surface area contributed by atoms with Crippen molar-refractivity contribution in [2.75, 3.05) is 6.54 Å². The Balaban J connectivity index is 1.85. The number of carbonyl (C=O) groups excluding carboxylic acids is 2. The molecule has 1 unspecified atom stereocenters. The topological polar surface area (TPSA) is 105 Å². The van der Waals surface area contributed by atoms with Gasteiger partial charge in [0.1, 0.15) is 22.8 Å². The third-order valence-corrected chi connectivity index (χ3v) is 5.42. The van der Waals surface area contributed by atoms with Crippen molar-refractivity contribution in [3.63, 3.8) is 0 Å². The molecule has 7 nitrogen and oxygen atoms in total. The van der Waals surface area contributed by atoms with E-state index in [1.54, 1.807) is 36.4 Å². The van der Waals surface area contributed by atoms with Crippen LogP contribution in [0, 0.1) is 12.3 Å². The van der Waals surface area contributed by atoms with Crippen LogP contribution in [0.4, 0.5) is 0 Å². The van der Waals surface area contributed by atoms with Gasteiger partial charge >= 0.3 is 5.97 Å². The molecule has 1 atom stereocenters. The van der Waals surface area contributed by atoms with Crippen molar-refractivity contribution in [2.45, 2.75) is 5.60 Å². The molecule has 0 aliphatic carbocycles. The average Bonchev–Trinajstić information content (AvgIpc) is 3.05. The Morgan fingerprint density at radius 2 is 1.84 bits per heavy atom. The van der Waals surface area contributed by atoms with E-state index < -0.39 is 17.5 Å². The summed E-state index contributed by atoms with van der Waals surface area (Å²) in [4.78, 5) is 25.6.